The topological polar surface area (TPSA) is 15.8 Å². The molecule has 0 aliphatic heterocycles. The molecular weight excluding hydrogens is 429 g/mol. The molecule has 0 unspecified atom stereocenters. The van der Waals surface area contributed by atoms with Crippen LogP contribution in [0.4, 0.5) is 0 Å². The van der Waals surface area contributed by atoms with Crippen molar-refractivity contribution in [1.82, 2.24) is 4.98 Å². The van der Waals surface area contributed by atoms with Crippen LogP contribution in [0, 0.1) is 6.92 Å². The molecule has 0 fully saturated rings. The first kappa shape index (κ1) is 13.0. The van der Waals surface area contributed by atoms with Gasteiger partial charge in [-0.1, -0.05) is 0 Å². The Morgan fingerprint density at radius 2 is 2.00 bits per heavy atom. The van der Waals surface area contributed by atoms with Crippen molar-refractivity contribution in [2.75, 3.05) is 0 Å². The molecule has 1 aromatic heterocycles. The van der Waals surface area contributed by atoms with E-state index in [1.54, 1.807) is 0 Å². The number of hydrogen-bond acceptors (Lipinski definition) is 0. The maximum Gasteiger partial charge on any atom is -1.00 e. The molecule has 4 heteroatoms. The second-order valence-electron chi connectivity index (χ2n) is 1.46. The van der Waals surface area contributed by atoms with Crippen LogP contribution in [0.3, 0.4) is 0 Å². The molecule has 0 amide bonds. The first-order chi connectivity index (χ1) is 3.30. The molecule has 0 aliphatic rings. The second-order valence-corrected chi connectivity index (χ2v) is 2.33. The van der Waals surface area contributed by atoms with Gasteiger partial charge in [0.05, 0.1) is 0 Å². The van der Waals surface area contributed by atoms with Gasteiger partial charge in [-0.3, -0.25) is 0 Å². The van der Waals surface area contributed by atoms with Crippen LogP contribution in [-0.4, -0.2) is 4.98 Å². The summed E-state index contributed by atoms with van der Waals surface area (Å²) in [6, 6.07) is 2.05. The Labute approximate surface area is 99.1 Å². The molecule has 0 atom stereocenters. The van der Waals surface area contributed by atoms with Gasteiger partial charge in [-0.2, -0.15) is 0 Å². The van der Waals surface area contributed by atoms with E-state index in [2.05, 4.69) is 30.2 Å². The summed E-state index contributed by atoms with van der Waals surface area (Å²) in [5.74, 6) is 0. The fourth-order valence-corrected chi connectivity index (χ4v) is 0.712. The van der Waals surface area contributed by atoms with Crippen molar-refractivity contribution in [3.63, 3.8) is 0 Å². The summed E-state index contributed by atoms with van der Waals surface area (Å²) in [6.45, 7) is 2.07. The van der Waals surface area contributed by atoms with Crippen molar-refractivity contribution in [3.8, 4) is 0 Å². The van der Waals surface area contributed by atoms with Gasteiger partial charge in [0.15, 0.2) is 0 Å². The Morgan fingerprint density at radius 1 is 1.44 bits per heavy atom. The zero-order valence-corrected chi connectivity index (χ0v) is 10.8. The zero-order valence-electron chi connectivity index (χ0n) is 4.76. The quantitative estimate of drug-likeness (QED) is 0.310. The fraction of sp³-hybridized carbons (Fsp3) is 0.200. The number of aryl methyl sites for hydroxylation is 1. The minimum Gasteiger partial charge on any atom is -1.00 e. The summed E-state index contributed by atoms with van der Waals surface area (Å²) in [7, 11) is 0. The number of aromatic nitrogens is 1. The first-order valence-corrected chi connectivity index (χ1v) is 2.96. The summed E-state index contributed by atoms with van der Waals surface area (Å²) < 4.78 is 1.19. The second kappa shape index (κ2) is 6.10. The van der Waals surface area contributed by atoms with E-state index < -0.39 is 0 Å². The van der Waals surface area contributed by atoms with E-state index in [1.165, 1.54) is 9.85 Å². The number of H-pyrrole nitrogens is 1. The molecule has 0 saturated heterocycles. The monoisotopic (exact) mass is 436 g/mol. The van der Waals surface area contributed by atoms with Gasteiger partial charge in [-0.05, 0) is 0 Å². The molecule has 1 heterocycles. The molecule has 53 valence electrons. The predicted octanol–water partition coefficient (Wildman–Crippen LogP) is -5.50. The van der Waals surface area contributed by atoms with Crippen molar-refractivity contribution >= 4 is 4.29 Å². The van der Waals surface area contributed by atoms with Gasteiger partial charge in [-0.15, -0.1) is 0 Å². The maximum absolute atomic E-state index is 3.04. The number of rotatable bonds is 0. The molecule has 0 spiro atoms. The van der Waals surface area contributed by atoms with Crippen LogP contribution in [-0.2, 0) is 18.3 Å². The molecule has 1 aromatic rings. The normalized spacial score (nSPS) is 7.22. The Hall–Kier alpha value is 1.36. The maximum atomic E-state index is 3.04. The SMILES string of the molecule is Cc1cc[nH][c]1[Ru+2].[I-].[I-]. The van der Waals surface area contributed by atoms with Crippen molar-refractivity contribution in [2.45, 2.75) is 6.92 Å². The molecule has 0 bridgehead atoms. The van der Waals surface area contributed by atoms with E-state index in [9.17, 15) is 0 Å². The van der Waals surface area contributed by atoms with Gasteiger partial charge in [0.1, 0.15) is 0 Å². The fourth-order valence-electron chi connectivity index (χ4n) is 0.423. The van der Waals surface area contributed by atoms with Crippen molar-refractivity contribution in [1.29, 1.82) is 0 Å². The van der Waals surface area contributed by atoms with E-state index in [4.69, 9.17) is 0 Å². The third-order valence-corrected chi connectivity index (χ3v) is 1.81. The number of nitrogens with one attached hydrogen (secondary N) is 1. The van der Waals surface area contributed by atoms with Gasteiger partial charge in [-0.25, -0.2) is 0 Å². The summed E-state index contributed by atoms with van der Waals surface area (Å²) in [4.78, 5) is 3.04. The van der Waals surface area contributed by atoms with E-state index in [-0.39, 0.29) is 48.0 Å². The van der Waals surface area contributed by atoms with Crippen LogP contribution in [0.15, 0.2) is 12.3 Å². The summed E-state index contributed by atoms with van der Waals surface area (Å²) in [5.41, 5.74) is 1.30. The van der Waals surface area contributed by atoms with E-state index in [1.807, 2.05) is 12.3 Å². The van der Waals surface area contributed by atoms with E-state index >= 15 is 0 Å². The van der Waals surface area contributed by atoms with Crippen molar-refractivity contribution in [2.24, 2.45) is 0 Å². The number of halogens is 2. The van der Waals surface area contributed by atoms with Crippen LogP contribution in [0.25, 0.3) is 0 Å². The Kier molecular flexibility index (Phi) is 8.80. The Bertz CT molecular complexity index is 147. The van der Waals surface area contributed by atoms with Gasteiger partial charge in [0.2, 0.25) is 0 Å². The number of aromatic amines is 1. The van der Waals surface area contributed by atoms with Gasteiger partial charge in [0, 0.05) is 0 Å². The molecule has 1 rings (SSSR count). The average Bonchev–Trinajstić information content (AvgIpc) is 1.91. The van der Waals surface area contributed by atoms with Crippen LogP contribution in [0.5, 0.6) is 0 Å². The first-order valence-electron chi connectivity index (χ1n) is 2.09. The summed E-state index contributed by atoms with van der Waals surface area (Å²) in [6.07, 6.45) is 1.93. The van der Waals surface area contributed by atoms with E-state index in [0.717, 1.165) is 0 Å². The van der Waals surface area contributed by atoms with E-state index in [0.29, 0.717) is 0 Å². The molecule has 0 aliphatic carbocycles. The molecule has 0 aromatic carbocycles. The van der Waals surface area contributed by atoms with Crippen LogP contribution in [0.1, 0.15) is 5.56 Å². The molecular formula is C5H6I2NRu. The van der Waals surface area contributed by atoms with Gasteiger partial charge in [0.25, 0.3) is 0 Å². The zero-order chi connectivity index (χ0) is 5.28. The Balaban J connectivity index is 0. The molecule has 0 saturated carbocycles. The molecule has 1 nitrogen and oxygen atoms in total. The van der Waals surface area contributed by atoms with Gasteiger partial charge < -0.3 is 48.0 Å². The minimum absolute atomic E-state index is 0. The smallest absolute Gasteiger partial charge is 1.00 e. The number of hydrogen-bond donors (Lipinski definition) is 1. The van der Waals surface area contributed by atoms with Crippen molar-refractivity contribution < 1.29 is 66.3 Å². The molecule has 1 N–H and O–H groups in total. The van der Waals surface area contributed by atoms with Crippen LogP contribution >= 0.6 is 0 Å². The Morgan fingerprint density at radius 3 is 2.11 bits per heavy atom. The third kappa shape index (κ3) is 3.93. The largest absolute Gasteiger partial charge is 1.00 e. The average molecular weight is 435 g/mol. The van der Waals surface area contributed by atoms with Crippen molar-refractivity contribution in [3.05, 3.63) is 17.8 Å². The minimum atomic E-state index is 0. The molecule has 9 heavy (non-hydrogen) atoms. The summed E-state index contributed by atoms with van der Waals surface area (Å²) >= 11 is 2.53. The van der Waals surface area contributed by atoms with Gasteiger partial charge >= 0.3 is 52.3 Å². The summed E-state index contributed by atoms with van der Waals surface area (Å²) in [5, 5.41) is 0. The standard InChI is InChI=1S/C5H6N.2HI.Ru/c1-5-2-3-6-4-5;;;/h2-3,6H,1H3;2*1H;/q;;;+2/p-2. The predicted molar refractivity (Wildman–Crippen MR) is 25.2 cm³/mol. The third-order valence-electron chi connectivity index (χ3n) is 0.876. The molecule has 0 radical (unpaired) electrons. The van der Waals surface area contributed by atoms with Crippen LogP contribution < -0.4 is 52.2 Å². The van der Waals surface area contributed by atoms with Crippen LogP contribution in [0.2, 0.25) is 0 Å².